The van der Waals surface area contributed by atoms with Gasteiger partial charge in [0.2, 0.25) is 5.95 Å². The van der Waals surface area contributed by atoms with E-state index in [0.29, 0.717) is 27.8 Å². The van der Waals surface area contributed by atoms with Crippen molar-refractivity contribution in [2.24, 2.45) is 5.92 Å². The molecular weight excluding hydrogens is 508 g/mol. The van der Waals surface area contributed by atoms with E-state index >= 15 is 0 Å². The highest BCUT2D eigenvalue weighted by Gasteiger charge is 2.47. The molecule has 0 bridgehead atoms. The van der Waals surface area contributed by atoms with Crippen LogP contribution in [0.2, 0.25) is 0 Å². The number of alkyl halides is 5. The number of amides is 1. The molecule has 1 unspecified atom stereocenters. The molecule has 6 nitrogen and oxygen atoms in total. The van der Waals surface area contributed by atoms with Crippen LogP contribution in [0.3, 0.4) is 0 Å². The Hall–Kier alpha value is -3.22. The average Bonchev–Trinajstić information content (AvgIpc) is 3.19. The van der Waals surface area contributed by atoms with Crippen LogP contribution in [-0.4, -0.2) is 50.8 Å². The van der Waals surface area contributed by atoms with Gasteiger partial charge in [0.25, 0.3) is 11.8 Å². The number of likely N-dealkylation sites (tertiary alicyclic amines) is 1. The monoisotopic (exact) mass is 529 g/mol. The van der Waals surface area contributed by atoms with Gasteiger partial charge in [0, 0.05) is 25.4 Å². The minimum atomic E-state index is -4.60. The number of rotatable bonds is 5. The summed E-state index contributed by atoms with van der Waals surface area (Å²) in [7, 11) is 0. The molecule has 1 aliphatic rings. The summed E-state index contributed by atoms with van der Waals surface area (Å²) in [4.78, 5) is 26.6. The molecular formula is C23H21F6N5OS. The normalized spacial score (nSPS) is 19.8. The van der Waals surface area contributed by atoms with E-state index in [1.807, 2.05) is 0 Å². The van der Waals surface area contributed by atoms with Gasteiger partial charge in [-0.3, -0.25) is 4.79 Å². The van der Waals surface area contributed by atoms with Crippen molar-refractivity contribution in [2.45, 2.75) is 38.4 Å². The van der Waals surface area contributed by atoms with Gasteiger partial charge in [-0.15, -0.1) is 11.3 Å². The fourth-order valence-electron chi connectivity index (χ4n) is 4.15. The Balaban J connectivity index is 1.60. The molecule has 1 fully saturated rings. The molecule has 1 N–H and O–H groups in total. The lowest BCUT2D eigenvalue weighted by atomic mass is 9.88. The van der Waals surface area contributed by atoms with Crippen molar-refractivity contribution in [1.82, 2.24) is 19.9 Å². The standard InChI is InChI=1S/C23H21F6N5OS/c1-12-7-22(25,26)11-34(17(12)10-32-21-30-8-15(9-31-21)23(27,28)29)20(35)18-19(36-13(2)33-18)14-3-5-16(24)6-4-14/h3-6,8-9,12,17H,7,10-11H2,1-2H3,(H,30,31,32)/t12-,17?/m1/s1. The molecule has 36 heavy (non-hydrogen) atoms. The number of thiazole rings is 1. The van der Waals surface area contributed by atoms with Gasteiger partial charge < -0.3 is 10.2 Å². The second-order valence-corrected chi connectivity index (χ2v) is 9.83. The van der Waals surface area contributed by atoms with Gasteiger partial charge in [0.05, 0.1) is 28.0 Å². The number of aromatic nitrogens is 3. The highest BCUT2D eigenvalue weighted by molar-refractivity contribution is 7.15. The van der Waals surface area contributed by atoms with Gasteiger partial charge in [0.15, 0.2) is 0 Å². The van der Waals surface area contributed by atoms with E-state index in [9.17, 15) is 31.1 Å². The predicted molar refractivity (Wildman–Crippen MR) is 121 cm³/mol. The van der Waals surface area contributed by atoms with Crippen LogP contribution in [0.1, 0.15) is 34.4 Å². The van der Waals surface area contributed by atoms with Gasteiger partial charge >= 0.3 is 6.18 Å². The summed E-state index contributed by atoms with van der Waals surface area (Å²) in [5.74, 6) is -5.11. The maximum Gasteiger partial charge on any atom is 0.419 e. The summed E-state index contributed by atoms with van der Waals surface area (Å²) in [5.41, 5.74) is -0.525. The van der Waals surface area contributed by atoms with Crippen molar-refractivity contribution < 1.29 is 31.1 Å². The quantitative estimate of drug-likeness (QED) is 0.432. The van der Waals surface area contributed by atoms with Crippen molar-refractivity contribution in [1.29, 1.82) is 0 Å². The third-order valence-electron chi connectivity index (χ3n) is 5.83. The number of hydrogen-bond acceptors (Lipinski definition) is 6. The molecule has 1 aliphatic heterocycles. The number of halogens is 6. The van der Waals surface area contributed by atoms with E-state index < -0.39 is 54.3 Å². The summed E-state index contributed by atoms with van der Waals surface area (Å²) < 4.78 is 80.8. The predicted octanol–water partition coefficient (Wildman–Crippen LogP) is 5.66. The Bertz CT molecular complexity index is 1230. The van der Waals surface area contributed by atoms with Crippen molar-refractivity contribution in [3.05, 3.63) is 58.7 Å². The minimum Gasteiger partial charge on any atom is -0.352 e. The van der Waals surface area contributed by atoms with Crippen molar-refractivity contribution >= 4 is 23.2 Å². The number of nitrogens with zero attached hydrogens (tertiary/aromatic N) is 4. The van der Waals surface area contributed by atoms with Crippen LogP contribution in [0.15, 0.2) is 36.7 Å². The lowest BCUT2D eigenvalue weighted by Crippen LogP contribution is -2.57. The summed E-state index contributed by atoms with van der Waals surface area (Å²) in [5, 5.41) is 3.29. The Morgan fingerprint density at radius 2 is 1.83 bits per heavy atom. The lowest BCUT2D eigenvalue weighted by Gasteiger charge is -2.43. The zero-order chi connectivity index (χ0) is 26.3. The molecule has 0 radical (unpaired) electrons. The number of anilines is 1. The topological polar surface area (TPSA) is 71.0 Å². The first kappa shape index (κ1) is 25.9. The summed E-state index contributed by atoms with van der Waals surface area (Å²) in [6.45, 7) is 2.32. The van der Waals surface area contributed by atoms with E-state index in [0.717, 1.165) is 4.90 Å². The van der Waals surface area contributed by atoms with Crippen LogP contribution in [0.4, 0.5) is 32.3 Å². The third-order valence-corrected chi connectivity index (χ3v) is 6.85. The second kappa shape index (κ2) is 9.68. The van der Waals surface area contributed by atoms with Gasteiger partial charge in [-0.1, -0.05) is 19.1 Å². The Labute approximate surface area is 206 Å². The van der Waals surface area contributed by atoms with Crippen molar-refractivity contribution in [2.75, 3.05) is 18.4 Å². The molecule has 0 saturated carbocycles. The van der Waals surface area contributed by atoms with Crippen molar-refractivity contribution in [3.63, 3.8) is 0 Å². The number of hydrogen-bond donors (Lipinski definition) is 1. The first-order valence-electron chi connectivity index (χ1n) is 10.9. The first-order valence-corrected chi connectivity index (χ1v) is 11.7. The van der Waals surface area contributed by atoms with E-state index in [4.69, 9.17) is 0 Å². The van der Waals surface area contributed by atoms with Gasteiger partial charge in [0.1, 0.15) is 11.5 Å². The van der Waals surface area contributed by atoms with Crippen LogP contribution < -0.4 is 5.32 Å². The summed E-state index contributed by atoms with van der Waals surface area (Å²) in [6, 6.07) is 4.67. The number of aryl methyl sites for hydroxylation is 1. The van der Waals surface area contributed by atoms with E-state index in [2.05, 4.69) is 20.3 Å². The fraction of sp³-hybridized carbons (Fsp3) is 0.391. The molecule has 0 aliphatic carbocycles. The molecule has 13 heteroatoms. The van der Waals surface area contributed by atoms with Crippen LogP contribution in [0.25, 0.3) is 10.4 Å². The number of carbonyl (C=O) groups is 1. The SMILES string of the molecule is Cc1nc(C(=O)N2CC(F)(F)C[C@@H](C)C2CNc2ncc(C(F)(F)F)cn2)c(-c2ccc(F)cc2)s1. The first-order chi connectivity index (χ1) is 16.8. The number of piperidine rings is 1. The highest BCUT2D eigenvalue weighted by Crippen LogP contribution is 2.37. The molecule has 1 amide bonds. The minimum absolute atomic E-state index is 0.0233. The molecule has 3 heterocycles. The molecule has 1 aromatic carbocycles. The van der Waals surface area contributed by atoms with E-state index in [1.165, 1.54) is 35.6 Å². The lowest BCUT2D eigenvalue weighted by molar-refractivity contribution is -0.138. The maximum atomic E-state index is 14.5. The zero-order valence-corrected chi connectivity index (χ0v) is 19.9. The van der Waals surface area contributed by atoms with Crippen LogP contribution in [0.5, 0.6) is 0 Å². The van der Waals surface area contributed by atoms with Gasteiger partial charge in [-0.25, -0.2) is 28.1 Å². The fourth-order valence-corrected chi connectivity index (χ4v) is 5.06. The number of nitrogens with one attached hydrogen (secondary N) is 1. The molecule has 192 valence electrons. The second-order valence-electron chi connectivity index (χ2n) is 8.63. The van der Waals surface area contributed by atoms with Crippen LogP contribution in [0, 0.1) is 18.7 Å². The Kier molecular flexibility index (Phi) is 6.95. The van der Waals surface area contributed by atoms with Crippen LogP contribution >= 0.6 is 11.3 Å². The smallest absolute Gasteiger partial charge is 0.352 e. The molecule has 2 aromatic heterocycles. The van der Waals surface area contributed by atoms with Crippen molar-refractivity contribution in [3.8, 4) is 10.4 Å². The highest BCUT2D eigenvalue weighted by atomic mass is 32.1. The maximum absolute atomic E-state index is 14.5. The summed E-state index contributed by atoms with van der Waals surface area (Å²) in [6.07, 6.45) is -3.84. The molecule has 1 saturated heterocycles. The third kappa shape index (κ3) is 5.61. The van der Waals surface area contributed by atoms with E-state index in [1.54, 1.807) is 13.8 Å². The number of carbonyl (C=O) groups excluding carboxylic acids is 1. The molecule has 3 aromatic rings. The largest absolute Gasteiger partial charge is 0.419 e. The average molecular weight is 530 g/mol. The van der Waals surface area contributed by atoms with E-state index in [-0.39, 0.29) is 18.2 Å². The van der Waals surface area contributed by atoms with Gasteiger partial charge in [-0.05, 0) is 30.5 Å². The summed E-state index contributed by atoms with van der Waals surface area (Å²) >= 11 is 1.18. The molecule has 0 spiro atoms. The number of benzene rings is 1. The zero-order valence-electron chi connectivity index (χ0n) is 19.1. The van der Waals surface area contributed by atoms with Gasteiger partial charge in [-0.2, -0.15) is 13.2 Å². The molecule has 4 rings (SSSR count). The Morgan fingerprint density at radius 1 is 1.19 bits per heavy atom. The molecule has 2 atom stereocenters. The Morgan fingerprint density at radius 3 is 2.44 bits per heavy atom. The van der Waals surface area contributed by atoms with Crippen LogP contribution in [-0.2, 0) is 6.18 Å².